The lowest BCUT2D eigenvalue weighted by atomic mass is 9.75. The first-order valence-electron chi connectivity index (χ1n) is 8.17. The second-order valence-corrected chi connectivity index (χ2v) is 7.26. The van der Waals surface area contributed by atoms with Gasteiger partial charge in [-0.05, 0) is 38.1 Å². The molecule has 1 N–H and O–H groups in total. The molecular weight excluding hydrogens is 250 g/mol. The summed E-state index contributed by atoms with van der Waals surface area (Å²) in [6.45, 7) is 9.29. The average molecular weight is 281 g/mol. The zero-order valence-corrected chi connectivity index (χ0v) is 13.5. The summed E-state index contributed by atoms with van der Waals surface area (Å²) >= 11 is 0. The van der Waals surface area contributed by atoms with Crippen LogP contribution in [-0.4, -0.2) is 61.5 Å². The monoisotopic (exact) mass is 281 g/mol. The molecule has 2 rings (SSSR count). The summed E-state index contributed by atoms with van der Waals surface area (Å²) in [6, 6.07) is 0.679. The Balaban J connectivity index is 1.69. The van der Waals surface area contributed by atoms with Gasteiger partial charge in [0.2, 0.25) is 5.91 Å². The molecule has 116 valence electrons. The fourth-order valence-corrected chi connectivity index (χ4v) is 3.35. The first-order chi connectivity index (χ1) is 9.48. The molecule has 1 aliphatic carbocycles. The highest BCUT2D eigenvalue weighted by Crippen LogP contribution is 2.36. The first kappa shape index (κ1) is 15.8. The van der Waals surface area contributed by atoms with E-state index in [0.717, 1.165) is 32.7 Å². The van der Waals surface area contributed by atoms with E-state index in [2.05, 4.69) is 31.1 Å². The van der Waals surface area contributed by atoms with Crippen molar-refractivity contribution in [1.82, 2.24) is 15.1 Å². The van der Waals surface area contributed by atoms with Crippen molar-refractivity contribution in [3.05, 3.63) is 0 Å². The normalized spacial score (nSPS) is 24.1. The van der Waals surface area contributed by atoms with Crippen LogP contribution in [0.2, 0.25) is 0 Å². The zero-order valence-electron chi connectivity index (χ0n) is 13.5. The smallest absolute Gasteiger partial charge is 0.223 e. The second kappa shape index (κ2) is 6.90. The molecular formula is C16H31N3O. The molecule has 0 aromatic carbocycles. The number of hydrogen-bond donors (Lipinski definition) is 1. The van der Waals surface area contributed by atoms with Gasteiger partial charge in [0.1, 0.15) is 0 Å². The highest BCUT2D eigenvalue weighted by molar-refractivity contribution is 5.76. The van der Waals surface area contributed by atoms with E-state index in [0.29, 0.717) is 23.8 Å². The molecule has 0 spiro atoms. The van der Waals surface area contributed by atoms with Crippen LogP contribution >= 0.6 is 0 Å². The Morgan fingerprint density at radius 3 is 2.45 bits per heavy atom. The summed E-state index contributed by atoms with van der Waals surface area (Å²) in [4.78, 5) is 16.6. The second-order valence-electron chi connectivity index (χ2n) is 7.26. The van der Waals surface area contributed by atoms with E-state index in [4.69, 9.17) is 0 Å². The molecule has 0 bridgehead atoms. The van der Waals surface area contributed by atoms with Crippen molar-refractivity contribution in [3.8, 4) is 0 Å². The van der Waals surface area contributed by atoms with Crippen molar-refractivity contribution in [3.63, 3.8) is 0 Å². The Morgan fingerprint density at radius 1 is 1.25 bits per heavy atom. The van der Waals surface area contributed by atoms with Crippen LogP contribution in [0, 0.1) is 5.41 Å². The van der Waals surface area contributed by atoms with Crippen LogP contribution in [0.5, 0.6) is 0 Å². The quantitative estimate of drug-likeness (QED) is 0.852. The maximum Gasteiger partial charge on any atom is 0.223 e. The largest absolute Gasteiger partial charge is 0.340 e. The number of rotatable bonds is 4. The van der Waals surface area contributed by atoms with Gasteiger partial charge in [0.25, 0.3) is 0 Å². The van der Waals surface area contributed by atoms with Crippen molar-refractivity contribution >= 4 is 5.91 Å². The number of carbonyl (C=O) groups excluding carboxylic acids is 1. The fraction of sp³-hybridized carbons (Fsp3) is 0.938. The van der Waals surface area contributed by atoms with Crippen molar-refractivity contribution in [2.75, 3.05) is 39.8 Å². The maximum atomic E-state index is 12.2. The molecule has 1 amide bonds. The minimum atomic E-state index is 0.328. The summed E-state index contributed by atoms with van der Waals surface area (Å²) in [6.07, 6.45) is 5.87. The number of nitrogens with one attached hydrogen (secondary N) is 1. The van der Waals surface area contributed by atoms with Gasteiger partial charge in [0.15, 0.2) is 0 Å². The Kier molecular flexibility index (Phi) is 5.44. The van der Waals surface area contributed by atoms with Gasteiger partial charge < -0.3 is 15.1 Å². The molecule has 4 nitrogen and oxygen atoms in total. The predicted molar refractivity (Wildman–Crippen MR) is 82.7 cm³/mol. The van der Waals surface area contributed by atoms with Crippen LogP contribution < -0.4 is 5.32 Å². The molecule has 1 aliphatic heterocycles. The summed E-state index contributed by atoms with van der Waals surface area (Å²) in [5, 5.41) is 3.29. The van der Waals surface area contributed by atoms with E-state index in [1.807, 2.05) is 4.90 Å². The Morgan fingerprint density at radius 2 is 1.85 bits per heavy atom. The third kappa shape index (κ3) is 4.45. The number of nitrogens with zero attached hydrogens (tertiary/aromatic N) is 2. The molecule has 2 fully saturated rings. The standard InChI is InChI=1S/C16H31N3O/c1-16(2)7-4-14(5-8-16)18(3)11-6-15(20)19-12-9-17-10-13-19/h14,17H,4-13H2,1-3H3. The summed E-state index contributed by atoms with van der Waals surface area (Å²) in [7, 11) is 2.19. The topological polar surface area (TPSA) is 35.6 Å². The Hall–Kier alpha value is -0.610. The number of hydrogen-bond acceptors (Lipinski definition) is 3. The Bertz CT molecular complexity index is 314. The molecule has 0 aromatic rings. The van der Waals surface area contributed by atoms with Gasteiger partial charge in [-0.1, -0.05) is 13.8 Å². The highest BCUT2D eigenvalue weighted by atomic mass is 16.2. The SMILES string of the molecule is CN(CCC(=O)N1CCNCC1)C1CCC(C)(C)CC1. The molecule has 0 atom stereocenters. The van der Waals surface area contributed by atoms with Gasteiger partial charge in [-0.15, -0.1) is 0 Å². The lowest BCUT2D eigenvalue weighted by molar-refractivity contribution is -0.132. The lowest BCUT2D eigenvalue weighted by Gasteiger charge is -2.38. The molecule has 0 unspecified atom stereocenters. The van der Waals surface area contributed by atoms with Gasteiger partial charge in [-0.25, -0.2) is 0 Å². The maximum absolute atomic E-state index is 12.2. The molecule has 1 saturated heterocycles. The molecule has 0 radical (unpaired) electrons. The summed E-state index contributed by atoms with van der Waals surface area (Å²) in [5.41, 5.74) is 0.522. The van der Waals surface area contributed by atoms with Crippen LogP contribution in [0.3, 0.4) is 0 Å². The van der Waals surface area contributed by atoms with Crippen LogP contribution in [0.15, 0.2) is 0 Å². The van der Waals surface area contributed by atoms with Crippen molar-refractivity contribution in [2.24, 2.45) is 5.41 Å². The summed E-state index contributed by atoms with van der Waals surface area (Å²) in [5.74, 6) is 0.328. The van der Waals surface area contributed by atoms with E-state index < -0.39 is 0 Å². The predicted octanol–water partition coefficient (Wildman–Crippen LogP) is 1.71. The van der Waals surface area contributed by atoms with Crippen LogP contribution in [0.4, 0.5) is 0 Å². The third-order valence-electron chi connectivity index (χ3n) is 5.08. The van der Waals surface area contributed by atoms with Gasteiger partial charge >= 0.3 is 0 Å². The van der Waals surface area contributed by atoms with Crippen LogP contribution in [0.25, 0.3) is 0 Å². The third-order valence-corrected chi connectivity index (χ3v) is 5.08. The van der Waals surface area contributed by atoms with E-state index in [-0.39, 0.29) is 0 Å². The van der Waals surface area contributed by atoms with Crippen LogP contribution in [-0.2, 0) is 4.79 Å². The minimum Gasteiger partial charge on any atom is -0.340 e. The van der Waals surface area contributed by atoms with E-state index >= 15 is 0 Å². The van der Waals surface area contributed by atoms with Crippen molar-refractivity contribution < 1.29 is 4.79 Å². The lowest BCUT2D eigenvalue weighted by Crippen LogP contribution is -2.47. The average Bonchev–Trinajstić information content (AvgIpc) is 2.45. The Labute approximate surface area is 123 Å². The highest BCUT2D eigenvalue weighted by Gasteiger charge is 2.29. The molecule has 0 aromatic heterocycles. The van der Waals surface area contributed by atoms with E-state index in [9.17, 15) is 4.79 Å². The van der Waals surface area contributed by atoms with Gasteiger partial charge in [0.05, 0.1) is 0 Å². The summed E-state index contributed by atoms with van der Waals surface area (Å²) < 4.78 is 0. The van der Waals surface area contributed by atoms with E-state index in [1.165, 1.54) is 25.7 Å². The molecule has 4 heteroatoms. The van der Waals surface area contributed by atoms with Crippen molar-refractivity contribution in [2.45, 2.75) is 52.0 Å². The first-order valence-corrected chi connectivity index (χ1v) is 8.17. The van der Waals surface area contributed by atoms with Crippen LogP contribution in [0.1, 0.15) is 46.0 Å². The number of amides is 1. The zero-order chi connectivity index (χ0) is 14.6. The molecule has 1 saturated carbocycles. The minimum absolute atomic E-state index is 0.328. The van der Waals surface area contributed by atoms with Gasteiger partial charge in [-0.3, -0.25) is 4.79 Å². The number of carbonyl (C=O) groups is 1. The molecule has 1 heterocycles. The molecule has 20 heavy (non-hydrogen) atoms. The van der Waals surface area contributed by atoms with Gasteiger partial charge in [-0.2, -0.15) is 0 Å². The van der Waals surface area contributed by atoms with Crippen molar-refractivity contribution in [1.29, 1.82) is 0 Å². The molecule has 2 aliphatic rings. The van der Waals surface area contributed by atoms with Gasteiger partial charge in [0, 0.05) is 45.2 Å². The number of piperazine rings is 1. The van der Waals surface area contributed by atoms with E-state index in [1.54, 1.807) is 0 Å². The fourth-order valence-electron chi connectivity index (χ4n) is 3.35.